The van der Waals surface area contributed by atoms with Gasteiger partial charge in [-0.15, -0.1) is 11.8 Å². The first-order valence-corrected chi connectivity index (χ1v) is 12.4. The number of rotatable bonds is 5. The third kappa shape index (κ3) is 5.01. The van der Waals surface area contributed by atoms with E-state index >= 15 is 0 Å². The summed E-state index contributed by atoms with van der Waals surface area (Å²) >= 11 is 1.42. The van der Waals surface area contributed by atoms with Gasteiger partial charge in [-0.2, -0.15) is 0 Å². The number of fused-ring (bicyclic) bond motifs is 1. The zero-order chi connectivity index (χ0) is 22.0. The van der Waals surface area contributed by atoms with Crippen molar-refractivity contribution < 1.29 is 22.4 Å². The summed E-state index contributed by atoms with van der Waals surface area (Å²) in [5, 5.41) is 2.78. The molecule has 0 spiro atoms. The minimum Gasteiger partial charge on any atom is -0.343 e. The summed E-state index contributed by atoms with van der Waals surface area (Å²) in [4.78, 5) is 27.7. The van der Waals surface area contributed by atoms with Crippen molar-refractivity contribution in [3.63, 3.8) is 0 Å². The molecule has 2 N–H and O–H groups in total. The lowest BCUT2D eigenvalue weighted by Crippen LogP contribution is -2.33. The van der Waals surface area contributed by atoms with Crippen molar-refractivity contribution in [1.29, 1.82) is 0 Å². The van der Waals surface area contributed by atoms with Crippen LogP contribution in [0.4, 0.5) is 15.8 Å². The maximum absolute atomic E-state index is 13.1. The molecule has 0 bridgehead atoms. The average molecular weight is 464 g/mol. The van der Waals surface area contributed by atoms with Crippen molar-refractivity contribution in [3.05, 3.63) is 48.3 Å². The van der Waals surface area contributed by atoms with Gasteiger partial charge in [-0.3, -0.25) is 14.3 Å². The molecule has 0 radical (unpaired) electrons. The van der Waals surface area contributed by atoms with E-state index in [2.05, 4.69) is 10.0 Å². The van der Waals surface area contributed by atoms with E-state index in [0.717, 1.165) is 43.0 Å². The number of nitrogens with zero attached hydrogens (tertiary/aromatic N) is 1. The molecule has 7 nitrogen and oxygen atoms in total. The van der Waals surface area contributed by atoms with Gasteiger partial charge in [-0.25, -0.2) is 12.8 Å². The lowest BCUT2D eigenvalue weighted by molar-refractivity contribution is -0.133. The van der Waals surface area contributed by atoms with Crippen LogP contribution in [-0.4, -0.2) is 44.0 Å². The SMILES string of the molecule is O=C1Nc2cc(S(=O)(=O)Nc3ccc(F)cc3)ccc2SCC1CC(=O)N1CCCC1. The minimum atomic E-state index is -3.93. The lowest BCUT2D eigenvalue weighted by Gasteiger charge is -2.18. The van der Waals surface area contributed by atoms with Gasteiger partial charge in [-0.05, 0) is 55.3 Å². The molecule has 1 atom stereocenters. The van der Waals surface area contributed by atoms with Gasteiger partial charge in [0.15, 0.2) is 0 Å². The predicted molar refractivity (Wildman–Crippen MR) is 117 cm³/mol. The minimum absolute atomic E-state index is 0.0176. The Morgan fingerprint density at radius 1 is 1.16 bits per heavy atom. The zero-order valence-electron chi connectivity index (χ0n) is 16.6. The maximum Gasteiger partial charge on any atom is 0.261 e. The molecule has 2 aliphatic heterocycles. The molecule has 164 valence electrons. The third-order valence-electron chi connectivity index (χ3n) is 5.31. The number of likely N-dealkylation sites (tertiary alicyclic amines) is 1. The van der Waals surface area contributed by atoms with E-state index in [9.17, 15) is 22.4 Å². The highest BCUT2D eigenvalue weighted by molar-refractivity contribution is 7.99. The normalized spacial score (nSPS) is 18.8. The van der Waals surface area contributed by atoms with E-state index in [1.165, 1.54) is 36.0 Å². The zero-order valence-corrected chi connectivity index (χ0v) is 18.3. The van der Waals surface area contributed by atoms with Crippen molar-refractivity contribution in [1.82, 2.24) is 4.90 Å². The molecule has 1 saturated heterocycles. The van der Waals surface area contributed by atoms with Gasteiger partial charge in [0.2, 0.25) is 11.8 Å². The van der Waals surface area contributed by atoms with Crippen LogP contribution < -0.4 is 10.0 Å². The highest BCUT2D eigenvalue weighted by Crippen LogP contribution is 2.35. The number of benzene rings is 2. The molecule has 4 rings (SSSR count). The van der Waals surface area contributed by atoms with Crippen LogP contribution in [0.2, 0.25) is 0 Å². The Kier molecular flexibility index (Phi) is 6.19. The fourth-order valence-electron chi connectivity index (χ4n) is 3.59. The van der Waals surface area contributed by atoms with Gasteiger partial charge in [0.05, 0.1) is 16.5 Å². The standard InChI is InChI=1S/C21H22FN3O4S2/c22-15-3-5-16(6-4-15)24-31(28,29)17-7-8-19-18(12-17)23-21(27)14(13-30-19)11-20(26)25-9-1-2-10-25/h3-8,12,14,24H,1-2,9-11,13H2,(H,23,27). The van der Waals surface area contributed by atoms with Crippen molar-refractivity contribution in [2.24, 2.45) is 5.92 Å². The Balaban J connectivity index is 1.49. The molecule has 31 heavy (non-hydrogen) atoms. The topological polar surface area (TPSA) is 95.6 Å². The number of carbonyl (C=O) groups excluding carboxylic acids is 2. The molecule has 0 aliphatic carbocycles. The van der Waals surface area contributed by atoms with Crippen LogP contribution >= 0.6 is 11.8 Å². The largest absolute Gasteiger partial charge is 0.343 e. The third-order valence-corrected chi connectivity index (χ3v) is 7.92. The molecule has 2 heterocycles. The second kappa shape index (κ2) is 8.88. The number of hydrogen-bond donors (Lipinski definition) is 2. The first-order chi connectivity index (χ1) is 14.8. The summed E-state index contributed by atoms with van der Waals surface area (Å²) in [6, 6.07) is 9.48. The first kappa shape index (κ1) is 21.6. The summed E-state index contributed by atoms with van der Waals surface area (Å²) in [6.45, 7) is 1.48. The number of nitrogens with one attached hydrogen (secondary N) is 2. The number of carbonyl (C=O) groups is 2. The monoisotopic (exact) mass is 463 g/mol. The van der Waals surface area contributed by atoms with E-state index in [4.69, 9.17) is 0 Å². The van der Waals surface area contributed by atoms with Crippen LogP contribution in [0.1, 0.15) is 19.3 Å². The Morgan fingerprint density at radius 3 is 2.58 bits per heavy atom. The van der Waals surface area contributed by atoms with E-state index in [1.54, 1.807) is 11.0 Å². The van der Waals surface area contributed by atoms with Gasteiger partial charge in [0.25, 0.3) is 10.0 Å². The molecule has 1 unspecified atom stereocenters. The van der Waals surface area contributed by atoms with Crippen molar-refractivity contribution in [3.8, 4) is 0 Å². The second-order valence-electron chi connectivity index (χ2n) is 7.56. The number of amides is 2. The molecule has 2 aliphatic rings. The molecule has 1 fully saturated rings. The summed E-state index contributed by atoms with van der Waals surface area (Å²) < 4.78 is 40.9. The summed E-state index contributed by atoms with van der Waals surface area (Å²) in [5.41, 5.74) is 0.628. The Bertz CT molecular complexity index is 1100. The number of sulfonamides is 1. The molecule has 10 heteroatoms. The van der Waals surface area contributed by atoms with Crippen molar-refractivity contribution in [2.45, 2.75) is 29.1 Å². The second-order valence-corrected chi connectivity index (χ2v) is 10.3. The first-order valence-electron chi connectivity index (χ1n) is 9.96. The van der Waals surface area contributed by atoms with Crippen LogP contribution in [0.5, 0.6) is 0 Å². The van der Waals surface area contributed by atoms with Gasteiger partial charge in [-0.1, -0.05) is 0 Å². The molecule has 2 amide bonds. The maximum atomic E-state index is 13.1. The van der Waals surface area contributed by atoms with Crippen LogP contribution in [0, 0.1) is 11.7 Å². The van der Waals surface area contributed by atoms with Gasteiger partial charge in [0.1, 0.15) is 5.82 Å². The molecule has 0 aromatic heterocycles. The molecular weight excluding hydrogens is 441 g/mol. The highest BCUT2D eigenvalue weighted by Gasteiger charge is 2.30. The van der Waals surface area contributed by atoms with Crippen molar-refractivity contribution >= 4 is 45.0 Å². The van der Waals surface area contributed by atoms with Gasteiger partial charge < -0.3 is 10.2 Å². The van der Waals surface area contributed by atoms with E-state index < -0.39 is 21.8 Å². The average Bonchev–Trinajstić information content (AvgIpc) is 3.23. The Labute approximate surface area is 184 Å². The molecule has 2 aromatic rings. The van der Waals surface area contributed by atoms with Crippen LogP contribution in [-0.2, 0) is 19.6 Å². The number of halogens is 1. The van der Waals surface area contributed by atoms with E-state index in [1.807, 2.05) is 0 Å². The number of anilines is 2. The van der Waals surface area contributed by atoms with Crippen molar-refractivity contribution in [2.75, 3.05) is 28.9 Å². The Hall–Kier alpha value is -2.59. The highest BCUT2D eigenvalue weighted by atomic mass is 32.2. The van der Waals surface area contributed by atoms with Gasteiger partial charge >= 0.3 is 0 Å². The lowest BCUT2D eigenvalue weighted by atomic mass is 10.1. The number of hydrogen-bond acceptors (Lipinski definition) is 5. The van der Waals surface area contributed by atoms with E-state index in [0.29, 0.717) is 11.4 Å². The number of thioether (sulfide) groups is 1. The Morgan fingerprint density at radius 2 is 1.87 bits per heavy atom. The smallest absolute Gasteiger partial charge is 0.261 e. The molecule has 0 saturated carbocycles. The molecular formula is C21H22FN3O4S2. The summed E-state index contributed by atoms with van der Waals surface area (Å²) in [5.74, 6) is -0.817. The van der Waals surface area contributed by atoms with E-state index in [-0.39, 0.29) is 28.8 Å². The summed E-state index contributed by atoms with van der Waals surface area (Å²) in [7, 11) is -3.93. The fourth-order valence-corrected chi connectivity index (χ4v) is 5.75. The molecule has 2 aromatic carbocycles. The quantitative estimate of drug-likeness (QED) is 0.710. The summed E-state index contributed by atoms with van der Waals surface area (Å²) in [6.07, 6.45) is 2.13. The van der Waals surface area contributed by atoms with Gasteiger partial charge in [0, 0.05) is 35.8 Å². The fraction of sp³-hybridized carbons (Fsp3) is 0.333. The van der Waals surface area contributed by atoms with Crippen LogP contribution in [0.25, 0.3) is 0 Å². The predicted octanol–water partition coefficient (Wildman–Crippen LogP) is 3.30. The van der Waals surface area contributed by atoms with Crippen LogP contribution in [0.3, 0.4) is 0 Å². The van der Waals surface area contributed by atoms with Crippen LogP contribution in [0.15, 0.2) is 52.3 Å².